The van der Waals surface area contributed by atoms with Crippen LogP contribution in [0.25, 0.3) is 4.85 Å². The van der Waals surface area contributed by atoms with Gasteiger partial charge in [0.25, 0.3) is 5.91 Å². The van der Waals surface area contributed by atoms with Gasteiger partial charge < -0.3 is 10.1 Å². The lowest BCUT2D eigenvalue weighted by Gasteiger charge is -2.06. The van der Waals surface area contributed by atoms with Crippen LogP contribution in [0.15, 0.2) is 48.5 Å². The van der Waals surface area contributed by atoms with Crippen molar-refractivity contribution in [3.05, 3.63) is 71.3 Å². The molecule has 0 spiro atoms. The molecule has 6 heteroatoms. The number of rotatable bonds is 4. The molecular weight excluding hydrogens is 287 g/mol. The summed E-state index contributed by atoms with van der Waals surface area (Å²) in [6.07, 6.45) is 0. The van der Waals surface area contributed by atoms with Crippen molar-refractivity contribution >= 4 is 23.3 Å². The predicted molar refractivity (Wildman–Crippen MR) is 78.0 cm³/mol. The van der Waals surface area contributed by atoms with E-state index in [-0.39, 0.29) is 11.3 Å². The van der Waals surface area contributed by atoms with Crippen LogP contribution in [0.2, 0.25) is 0 Å². The highest BCUT2D eigenvalue weighted by Gasteiger charge is 2.10. The number of benzene rings is 2. The molecule has 0 atom stereocenters. The highest BCUT2D eigenvalue weighted by molar-refractivity contribution is 5.95. The topological polar surface area (TPSA) is 59.8 Å². The second-order valence-electron chi connectivity index (χ2n) is 4.29. The van der Waals surface area contributed by atoms with E-state index < -0.39 is 24.3 Å². The number of carbonyl (C=O) groups excluding carboxylic acids is 2. The molecule has 0 saturated carbocycles. The molecule has 0 saturated heterocycles. The zero-order valence-electron chi connectivity index (χ0n) is 11.4. The molecule has 0 aliphatic rings. The van der Waals surface area contributed by atoms with Crippen LogP contribution in [0.5, 0.6) is 0 Å². The van der Waals surface area contributed by atoms with E-state index in [4.69, 9.17) is 11.3 Å². The first-order valence-electron chi connectivity index (χ1n) is 6.28. The molecule has 0 bridgehead atoms. The molecule has 110 valence electrons. The lowest BCUT2D eigenvalue weighted by Crippen LogP contribution is -2.20. The zero-order valence-corrected chi connectivity index (χ0v) is 11.4. The van der Waals surface area contributed by atoms with Crippen LogP contribution in [0.4, 0.5) is 15.8 Å². The second-order valence-corrected chi connectivity index (χ2v) is 4.29. The maximum absolute atomic E-state index is 13.0. The quantitative estimate of drug-likeness (QED) is 0.696. The molecule has 0 fully saturated rings. The molecule has 2 rings (SSSR count). The molecule has 0 radical (unpaired) electrons. The highest BCUT2D eigenvalue weighted by Crippen LogP contribution is 2.13. The summed E-state index contributed by atoms with van der Waals surface area (Å²) in [6, 6.07) is 11.2. The normalized spacial score (nSPS) is 9.64. The smallest absolute Gasteiger partial charge is 0.338 e. The molecule has 0 aliphatic carbocycles. The Labute approximate surface area is 126 Å². The number of hydrogen-bond donors (Lipinski definition) is 1. The Hall–Kier alpha value is -3.20. The van der Waals surface area contributed by atoms with E-state index in [0.717, 1.165) is 6.07 Å². The molecule has 2 aromatic carbocycles. The monoisotopic (exact) mass is 298 g/mol. The number of anilines is 1. The lowest BCUT2D eigenvalue weighted by atomic mass is 10.2. The van der Waals surface area contributed by atoms with Gasteiger partial charge in [-0.2, -0.15) is 0 Å². The SMILES string of the molecule is [C-]#[N+]c1ccc(C(=O)OCC(=O)Nc2cccc(F)c2)cc1. The number of halogens is 1. The maximum Gasteiger partial charge on any atom is 0.338 e. The molecule has 0 aliphatic heterocycles. The summed E-state index contributed by atoms with van der Waals surface area (Å²) in [5.74, 6) is -1.72. The molecule has 0 unspecified atom stereocenters. The minimum atomic E-state index is -0.675. The Morgan fingerprint density at radius 2 is 1.91 bits per heavy atom. The van der Waals surface area contributed by atoms with Gasteiger partial charge in [-0.1, -0.05) is 30.3 Å². The summed E-state index contributed by atoms with van der Waals surface area (Å²) in [7, 11) is 0. The number of nitrogens with zero attached hydrogens (tertiary/aromatic N) is 1. The van der Waals surface area contributed by atoms with Crippen LogP contribution in [-0.2, 0) is 9.53 Å². The minimum Gasteiger partial charge on any atom is -0.452 e. The van der Waals surface area contributed by atoms with Crippen molar-refractivity contribution in [1.29, 1.82) is 0 Å². The second kappa shape index (κ2) is 6.99. The molecule has 1 N–H and O–H groups in total. The van der Waals surface area contributed by atoms with E-state index in [9.17, 15) is 14.0 Å². The summed E-state index contributed by atoms with van der Waals surface area (Å²) >= 11 is 0. The number of esters is 1. The first-order valence-corrected chi connectivity index (χ1v) is 6.28. The van der Waals surface area contributed by atoms with Crippen LogP contribution in [0.1, 0.15) is 10.4 Å². The molecule has 0 heterocycles. The van der Waals surface area contributed by atoms with Gasteiger partial charge in [0.2, 0.25) is 0 Å². The fraction of sp³-hybridized carbons (Fsp3) is 0.0625. The predicted octanol–water partition coefficient (Wildman–Crippen LogP) is 3.17. The van der Waals surface area contributed by atoms with Crippen molar-refractivity contribution in [2.75, 3.05) is 11.9 Å². The number of amides is 1. The van der Waals surface area contributed by atoms with Crippen molar-refractivity contribution in [3.63, 3.8) is 0 Å². The molecule has 5 nitrogen and oxygen atoms in total. The van der Waals surface area contributed by atoms with Crippen molar-refractivity contribution < 1.29 is 18.7 Å². The summed E-state index contributed by atoms with van der Waals surface area (Å²) in [6.45, 7) is 6.32. The van der Waals surface area contributed by atoms with Crippen molar-refractivity contribution in [1.82, 2.24) is 0 Å². The van der Waals surface area contributed by atoms with Crippen LogP contribution in [0, 0.1) is 12.4 Å². The summed E-state index contributed by atoms with van der Waals surface area (Å²) < 4.78 is 17.8. The first kappa shape index (κ1) is 15.2. The van der Waals surface area contributed by atoms with E-state index in [2.05, 4.69) is 10.2 Å². The Morgan fingerprint density at radius 1 is 1.18 bits per heavy atom. The minimum absolute atomic E-state index is 0.242. The number of nitrogens with one attached hydrogen (secondary N) is 1. The van der Waals surface area contributed by atoms with Crippen molar-refractivity contribution in [2.45, 2.75) is 0 Å². The third-order valence-electron chi connectivity index (χ3n) is 2.67. The number of hydrogen-bond acceptors (Lipinski definition) is 3. The van der Waals surface area contributed by atoms with Gasteiger partial charge in [0.1, 0.15) is 5.82 Å². The van der Waals surface area contributed by atoms with Gasteiger partial charge in [0.15, 0.2) is 12.3 Å². The van der Waals surface area contributed by atoms with Gasteiger partial charge >= 0.3 is 5.97 Å². The first-order chi connectivity index (χ1) is 10.6. The van der Waals surface area contributed by atoms with E-state index in [1.54, 1.807) is 0 Å². The van der Waals surface area contributed by atoms with E-state index in [1.807, 2.05) is 0 Å². The highest BCUT2D eigenvalue weighted by atomic mass is 19.1. The van der Waals surface area contributed by atoms with Gasteiger partial charge in [0.05, 0.1) is 12.1 Å². The van der Waals surface area contributed by atoms with E-state index >= 15 is 0 Å². The molecule has 22 heavy (non-hydrogen) atoms. The van der Waals surface area contributed by atoms with E-state index in [0.29, 0.717) is 5.69 Å². The summed E-state index contributed by atoms with van der Waals surface area (Å²) in [4.78, 5) is 26.5. The fourth-order valence-corrected chi connectivity index (χ4v) is 1.65. The van der Waals surface area contributed by atoms with Gasteiger partial charge in [-0.25, -0.2) is 14.0 Å². The molecule has 0 aromatic heterocycles. The maximum atomic E-state index is 13.0. The van der Waals surface area contributed by atoms with Crippen LogP contribution in [0.3, 0.4) is 0 Å². The Balaban J connectivity index is 1.87. The largest absolute Gasteiger partial charge is 0.452 e. The number of ether oxygens (including phenoxy) is 1. The average Bonchev–Trinajstić information content (AvgIpc) is 2.52. The van der Waals surface area contributed by atoms with Crippen LogP contribution in [-0.4, -0.2) is 18.5 Å². The van der Waals surface area contributed by atoms with Gasteiger partial charge in [-0.05, 0) is 18.2 Å². The van der Waals surface area contributed by atoms with Crippen molar-refractivity contribution in [2.24, 2.45) is 0 Å². The third kappa shape index (κ3) is 4.15. The Morgan fingerprint density at radius 3 is 2.55 bits per heavy atom. The van der Waals surface area contributed by atoms with E-state index in [1.165, 1.54) is 42.5 Å². The zero-order chi connectivity index (χ0) is 15.9. The number of carbonyl (C=O) groups is 2. The summed E-state index contributed by atoms with van der Waals surface area (Å²) in [5.41, 5.74) is 0.925. The fourth-order valence-electron chi connectivity index (χ4n) is 1.65. The lowest BCUT2D eigenvalue weighted by molar-refractivity contribution is -0.119. The summed E-state index contributed by atoms with van der Waals surface area (Å²) in [5, 5.41) is 2.41. The molecule has 1 amide bonds. The van der Waals surface area contributed by atoms with Gasteiger partial charge in [-0.3, -0.25) is 4.79 Å². The Bertz CT molecular complexity index is 736. The van der Waals surface area contributed by atoms with Gasteiger partial charge in [0, 0.05) is 5.69 Å². The van der Waals surface area contributed by atoms with Crippen LogP contribution < -0.4 is 5.32 Å². The Kier molecular flexibility index (Phi) is 4.83. The van der Waals surface area contributed by atoms with Gasteiger partial charge in [-0.15, -0.1) is 0 Å². The standard InChI is InChI=1S/C16H11FN2O3/c1-18-13-7-5-11(6-8-13)16(21)22-10-15(20)19-14-4-2-3-12(17)9-14/h2-9H,10H2,(H,19,20). The average molecular weight is 298 g/mol. The molecular formula is C16H11FN2O3. The van der Waals surface area contributed by atoms with Crippen LogP contribution >= 0.6 is 0 Å². The van der Waals surface area contributed by atoms with Crippen molar-refractivity contribution in [3.8, 4) is 0 Å². The molecule has 2 aromatic rings. The third-order valence-corrected chi connectivity index (χ3v) is 2.67.